The minimum Gasteiger partial charge on any atom is -0.391 e. The van der Waals surface area contributed by atoms with Crippen molar-refractivity contribution in [3.63, 3.8) is 0 Å². The number of aliphatic hydroxyl groups excluding tert-OH is 1. The van der Waals surface area contributed by atoms with E-state index in [9.17, 15) is 13.5 Å². The molecule has 4 nitrogen and oxygen atoms in total. The van der Waals surface area contributed by atoms with Crippen molar-refractivity contribution in [1.29, 1.82) is 0 Å². The third kappa shape index (κ3) is 4.70. The Labute approximate surface area is 130 Å². The third-order valence-electron chi connectivity index (χ3n) is 3.36. The van der Waals surface area contributed by atoms with Gasteiger partial charge in [0, 0.05) is 0 Å². The molecule has 1 aromatic heterocycles. The predicted octanol–water partition coefficient (Wildman–Crippen LogP) is 3.26. The number of sulfonamides is 1. The predicted molar refractivity (Wildman–Crippen MR) is 83.8 cm³/mol. The van der Waals surface area contributed by atoms with Crippen LogP contribution in [0.4, 0.5) is 0 Å². The minimum absolute atomic E-state index is 0.0572. The highest BCUT2D eigenvalue weighted by molar-refractivity contribution is 7.91. The maximum absolute atomic E-state index is 12.3. The molecule has 0 unspecified atom stereocenters. The van der Waals surface area contributed by atoms with E-state index in [4.69, 9.17) is 11.6 Å². The van der Waals surface area contributed by atoms with Crippen molar-refractivity contribution in [2.24, 2.45) is 5.92 Å². The molecule has 1 aromatic rings. The van der Waals surface area contributed by atoms with E-state index < -0.39 is 22.2 Å². The lowest BCUT2D eigenvalue weighted by Crippen LogP contribution is -2.47. The van der Waals surface area contributed by atoms with Gasteiger partial charge in [-0.25, -0.2) is 13.1 Å². The molecule has 2 N–H and O–H groups in total. The number of aliphatic hydroxyl groups is 1. The maximum atomic E-state index is 12.3. The molecule has 0 amide bonds. The number of hydrogen-bond acceptors (Lipinski definition) is 4. The van der Waals surface area contributed by atoms with Gasteiger partial charge in [0.05, 0.1) is 16.5 Å². The van der Waals surface area contributed by atoms with Crippen LogP contribution in [0.5, 0.6) is 0 Å². The minimum atomic E-state index is -3.63. The molecule has 0 aromatic carbocycles. The number of hydrogen-bond donors (Lipinski definition) is 2. The second kappa shape index (κ2) is 7.75. The van der Waals surface area contributed by atoms with E-state index in [-0.39, 0.29) is 10.1 Å². The van der Waals surface area contributed by atoms with Crippen LogP contribution in [0.3, 0.4) is 0 Å². The van der Waals surface area contributed by atoms with Crippen LogP contribution in [0.25, 0.3) is 0 Å². The van der Waals surface area contributed by atoms with Crippen LogP contribution in [0.15, 0.2) is 16.3 Å². The summed E-state index contributed by atoms with van der Waals surface area (Å²) in [5, 5.41) is 10.2. The molecule has 7 heteroatoms. The van der Waals surface area contributed by atoms with Gasteiger partial charge in [-0.15, -0.1) is 11.3 Å². The summed E-state index contributed by atoms with van der Waals surface area (Å²) >= 11 is 6.80. The molecule has 3 atom stereocenters. The lowest BCUT2D eigenvalue weighted by atomic mass is 9.93. The molecule has 1 rings (SSSR count). The van der Waals surface area contributed by atoms with Gasteiger partial charge in [0.15, 0.2) is 0 Å². The summed E-state index contributed by atoms with van der Waals surface area (Å²) in [6.07, 6.45) is 1.49. The number of rotatable bonds is 8. The van der Waals surface area contributed by atoms with Crippen LogP contribution in [0, 0.1) is 5.92 Å². The van der Waals surface area contributed by atoms with Crippen LogP contribution in [-0.4, -0.2) is 25.7 Å². The quantitative estimate of drug-likeness (QED) is 0.764. The molecule has 0 aliphatic carbocycles. The Hall–Kier alpha value is -0.140. The molecule has 0 spiro atoms. The van der Waals surface area contributed by atoms with E-state index in [0.29, 0.717) is 10.8 Å². The van der Waals surface area contributed by atoms with Crippen molar-refractivity contribution in [3.05, 3.63) is 16.5 Å². The fourth-order valence-electron chi connectivity index (χ4n) is 1.98. The SMILES string of the molecule is CCC[C@@H](O)[C@@H](NS(=O)(=O)c1ccc(Cl)s1)[C@@H](C)CC. The summed E-state index contributed by atoms with van der Waals surface area (Å²) in [6, 6.07) is 2.56. The molecule has 116 valence electrons. The Morgan fingerprint density at radius 3 is 2.50 bits per heavy atom. The molecule has 0 aliphatic rings. The Bertz CT molecular complexity index is 515. The number of nitrogens with one attached hydrogen (secondary N) is 1. The van der Waals surface area contributed by atoms with E-state index in [0.717, 1.165) is 24.2 Å². The fraction of sp³-hybridized carbons (Fsp3) is 0.692. The van der Waals surface area contributed by atoms with Crippen molar-refractivity contribution < 1.29 is 13.5 Å². The van der Waals surface area contributed by atoms with Crippen molar-refractivity contribution in [3.8, 4) is 0 Å². The first-order valence-electron chi connectivity index (χ1n) is 6.77. The van der Waals surface area contributed by atoms with Gasteiger partial charge >= 0.3 is 0 Å². The highest BCUT2D eigenvalue weighted by atomic mass is 35.5. The van der Waals surface area contributed by atoms with Crippen LogP contribution >= 0.6 is 22.9 Å². The van der Waals surface area contributed by atoms with E-state index in [1.54, 1.807) is 6.07 Å². The number of thiophene rings is 1. The highest BCUT2D eigenvalue weighted by Gasteiger charge is 2.29. The van der Waals surface area contributed by atoms with E-state index in [1.807, 2.05) is 20.8 Å². The summed E-state index contributed by atoms with van der Waals surface area (Å²) in [5.41, 5.74) is 0. The second-order valence-corrected chi connectivity index (χ2v) is 8.60. The molecule has 0 saturated carbocycles. The molecule has 0 fully saturated rings. The van der Waals surface area contributed by atoms with Crippen molar-refractivity contribution in [2.45, 2.75) is 56.4 Å². The zero-order chi connectivity index (χ0) is 15.3. The average molecular weight is 340 g/mol. The lowest BCUT2D eigenvalue weighted by Gasteiger charge is -2.28. The normalized spacial score (nSPS) is 16.9. The highest BCUT2D eigenvalue weighted by Crippen LogP contribution is 2.26. The first kappa shape index (κ1) is 17.9. The van der Waals surface area contributed by atoms with Gasteiger partial charge in [0.2, 0.25) is 10.0 Å². The van der Waals surface area contributed by atoms with Crippen LogP contribution in [0.1, 0.15) is 40.0 Å². The largest absolute Gasteiger partial charge is 0.391 e. The first-order chi connectivity index (χ1) is 9.31. The molecular formula is C13H22ClNO3S2. The van der Waals surface area contributed by atoms with Gasteiger partial charge in [-0.3, -0.25) is 0 Å². The van der Waals surface area contributed by atoms with Crippen LogP contribution in [0.2, 0.25) is 4.34 Å². The van der Waals surface area contributed by atoms with Gasteiger partial charge in [0.1, 0.15) is 4.21 Å². The van der Waals surface area contributed by atoms with E-state index in [1.165, 1.54) is 6.07 Å². The molecule has 1 heterocycles. The molecular weight excluding hydrogens is 318 g/mol. The van der Waals surface area contributed by atoms with Crippen LogP contribution < -0.4 is 4.72 Å². The summed E-state index contributed by atoms with van der Waals surface area (Å²) in [7, 11) is -3.63. The van der Waals surface area contributed by atoms with Crippen LogP contribution in [-0.2, 0) is 10.0 Å². The van der Waals surface area contributed by atoms with Crippen molar-refractivity contribution >= 4 is 33.0 Å². The molecule has 20 heavy (non-hydrogen) atoms. The zero-order valence-electron chi connectivity index (χ0n) is 12.0. The molecule has 0 bridgehead atoms. The monoisotopic (exact) mass is 339 g/mol. The zero-order valence-corrected chi connectivity index (χ0v) is 14.4. The Kier molecular flexibility index (Phi) is 6.94. The second-order valence-electron chi connectivity index (χ2n) is 4.95. The van der Waals surface area contributed by atoms with Gasteiger partial charge < -0.3 is 5.11 Å². The van der Waals surface area contributed by atoms with Crippen molar-refractivity contribution in [2.75, 3.05) is 0 Å². The molecule has 0 aliphatic heterocycles. The van der Waals surface area contributed by atoms with Gasteiger partial charge in [-0.2, -0.15) is 0 Å². The lowest BCUT2D eigenvalue weighted by molar-refractivity contribution is 0.102. The Balaban J connectivity index is 2.94. The summed E-state index contributed by atoms with van der Waals surface area (Å²) < 4.78 is 27.9. The average Bonchev–Trinajstić information content (AvgIpc) is 2.83. The summed E-state index contributed by atoms with van der Waals surface area (Å²) in [6.45, 7) is 5.88. The third-order valence-corrected chi connectivity index (χ3v) is 6.54. The first-order valence-corrected chi connectivity index (χ1v) is 9.45. The smallest absolute Gasteiger partial charge is 0.250 e. The Morgan fingerprint density at radius 1 is 1.40 bits per heavy atom. The van der Waals surface area contributed by atoms with Gasteiger partial charge in [-0.05, 0) is 24.5 Å². The van der Waals surface area contributed by atoms with Gasteiger partial charge in [0.25, 0.3) is 0 Å². The number of halogens is 1. The van der Waals surface area contributed by atoms with E-state index >= 15 is 0 Å². The molecule has 0 saturated heterocycles. The maximum Gasteiger partial charge on any atom is 0.250 e. The topological polar surface area (TPSA) is 66.4 Å². The molecule has 0 radical (unpaired) electrons. The van der Waals surface area contributed by atoms with E-state index in [2.05, 4.69) is 4.72 Å². The summed E-state index contributed by atoms with van der Waals surface area (Å²) in [5.74, 6) is 0.0572. The van der Waals surface area contributed by atoms with Gasteiger partial charge in [-0.1, -0.05) is 45.2 Å². The fourth-order valence-corrected chi connectivity index (χ4v) is 4.86. The Morgan fingerprint density at radius 2 is 2.05 bits per heavy atom. The summed E-state index contributed by atoms with van der Waals surface area (Å²) in [4.78, 5) is 0. The standard InChI is InChI=1S/C13H22ClNO3S2/c1-4-6-10(16)13(9(3)5-2)15-20(17,18)12-8-7-11(14)19-12/h7-10,13,15-16H,4-6H2,1-3H3/t9-,10+,13-/m0/s1. The van der Waals surface area contributed by atoms with Crippen molar-refractivity contribution in [1.82, 2.24) is 4.72 Å².